The first-order valence-corrected chi connectivity index (χ1v) is 11.1. The molecule has 0 saturated heterocycles. The number of rotatable bonds is 11. The van der Waals surface area contributed by atoms with E-state index in [1.165, 1.54) is 12.3 Å². The van der Waals surface area contributed by atoms with Gasteiger partial charge in [0.25, 0.3) is 0 Å². The molecule has 10 heteroatoms. The van der Waals surface area contributed by atoms with Crippen LogP contribution >= 0.6 is 0 Å². The van der Waals surface area contributed by atoms with Crippen molar-refractivity contribution in [1.82, 2.24) is 10.6 Å². The zero-order valence-corrected chi connectivity index (χ0v) is 19.3. The van der Waals surface area contributed by atoms with Gasteiger partial charge < -0.3 is 34.0 Å². The number of amides is 2. The van der Waals surface area contributed by atoms with Crippen molar-refractivity contribution < 1.29 is 37.7 Å². The Hall–Kier alpha value is -3.95. The third kappa shape index (κ3) is 5.89. The van der Waals surface area contributed by atoms with Crippen LogP contribution in [0.15, 0.2) is 52.3 Å². The van der Waals surface area contributed by atoms with Crippen LogP contribution in [0.5, 0.6) is 11.5 Å². The van der Waals surface area contributed by atoms with E-state index in [1.807, 2.05) is 13.8 Å². The van der Waals surface area contributed by atoms with Gasteiger partial charge in [0.1, 0.15) is 18.4 Å². The highest BCUT2D eigenvalue weighted by atomic mass is 16.5. The number of carbonyl (C=O) groups excluding carboxylic acids is 3. The smallest absolute Gasteiger partial charge is 0.338 e. The van der Waals surface area contributed by atoms with Gasteiger partial charge in [-0.3, -0.25) is 0 Å². The Kier molecular flexibility index (Phi) is 8.55. The normalized spacial score (nSPS) is 15.3. The molecule has 1 aliphatic heterocycles. The zero-order chi connectivity index (χ0) is 24.5. The van der Waals surface area contributed by atoms with Crippen LogP contribution in [0, 0.1) is 0 Å². The van der Waals surface area contributed by atoms with Gasteiger partial charge in [0.2, 0.25) is 0 Å². The molecular formula is C24H28N2O8. The topological polar surface area (TPSA) is 125 Å². The number of carbonyl (C=O) groups is 3. The van der Waals surface area contributed by atoms with E-state index in [-0.39, 0.29) is 30.0 Å². The monoisotopic (exact) mass is 472 g/mol. The molecule has 1 aromatic carbocycles. The highest BCUT2D eigenvalue weighted by Gasteiger charge is 2.35. The highest BCUT2D eigenvalue weighted by Crippen LogP contribution is 2.30. The fourth-order valence-corrected chi connectivity index (χ4v) is 3.31. The Morgan fingerprint density at radius 2 is 1.82 bits per heavy atom. The fraction of sp³-hybridized carbons (Fsp3) is 0.375. The van der Waals surface area contributed by atoms with Crippen molar-refractivity contribution in [2.75, 3.05) is 26.4 Å². The van der Waals surface area contributed by atoms with Crippen LogP contribution < -0.4 is 20.1 Å². The molecule has 10 nitrogen and oxygen atoms in total. The van der Waals surface area contributed by atoms with Crippen molar-refractivity contribution in [3.63, 3.8) is 0 Å². The summed E-state index contributed by atoms with van der Waals surface area (Å²) in [7, 11) is 0. The maximum atomic E-state index is 12.8. The van der Waals surface area contributed by atoms with Gasteiger partial charge >= 0.3 is 18.0 Å². The minimum Gasteiger partial charge on any atom is -0.490 e. The second kappa shape index (κ2) is 11.8. The molecule has 0 radical (unpaired) electrons. The molecule has 2 heterocycles. The van der Waals surface area contributed by atoms with E-state index in [0.717, 1.165) is 6.42 Å². The van der Waals surface area contributed by atoms with E-state index in [2.05, 4.69) is 10.6 Å². The van der Waals surface area contributed by atoms with E-state index >= 15 is 0 Å². The minimum absolute atomic E-state index is 0.0857. The minimum atomic E-state index is -0.893. The summed E-state index contributed by atoms with van der Waals surface area (Å²) in [5.41, 5.74) is 0.417. The highest BCUT2D eigenvalue weighted by molar-refractivity contribution is 5.95. The lowest BCUT2D eigenvalue weighted by Crippen LogP contribution is -2.47. The molecule has 34 heavy (non-hydrogen) atoms. The Labute approximate surface area is 197 Å². The molecular weight excluding hydrogens is 444 g/mol. The number of esters is 2. The third-order valence-electron chi connectivity index (χ3n) is 4.77. The molecule has 0 saturated carbocycles. The summed E-state index contributed by atoms with van der Waals surface area (Å²) in [6.07, 6.45) is 2.25. The van der Waals surface area contributed by atoms with Crippen molar-refractivity contribution in [1.29, 1.82) is 0 Å². The second-order valence-electron chi connectivity index (χ2n) is 7.18. The van der Waals surface area contributed by atoms with Crippen LogP contribution in [-0.4, -0.2) is 44.4 Å². The summed E-state index contributed by atoms with van der Waals surface area (Å²) < 4.78 is 27.2. The molecule has 1 unspecified atom stereocenters. The molecule has 0 bridgehead atoms. The fourth-order valence-electron chi connectivity index (χ4n) is 3.31. The van der Waals surface area contributed by atoms with Crippen LogP contribution in [0.4, 0.5) is 4.79 Å². The van der Waals surface area contributed by atoms with Crippen molar-refractivity contribution in [3.8, 4) is 11.5 Å². The molecule has 1 atom stereocenters. The molecule has 2 amide bonds. The average molecular weight is 472 g/mol. The molecule has 0 aliphatic carbocycles. The Morgan fingerprint density at radius 1 is 1.00 bits per heavy atom. The van der Waals surface area contributed by atoms with Crippen LogP contribution in [0.1, 0.15) is 49.4 Å². The van der Waals surface area contributed by atoms with Crippen molar-refractivity contribution in [3.05, 3.63) is 59.2 Å². The molecule has 2 N–H and O–H groups in total. The van der Waals surface area contributed by atoms with Gasteiger partial charge in [-0.1, -0.05) is 6.92 Å². The van der Waals surface area contributed by atoms with Crippen molar-refractivity contribution in [2.24, 2.45) is 0 Å². The number of hydrogen-bond acceptors (Lipinski definition) is 8. The number of urea groups is 1. The number of nitrogens with one attached hydrogen (secondary N) is 2. The summed E-state index contributed by atoms with van der Waals surface area (Å²) in [4.78, 5) is 37.7. The predicted molar refractivity (Wildman–Crippen MR) is 120 cm³/mol. The molecule has 2 aromatic rings. The molecule has 1 aliphatic rings. The van der Waals surface area contributed by atoms with E-state index in [4.69, 9.17) is 23.4 Å². The van der Waals surface area contributed by atoms with Crippen molar-refractivity contribution >= 4 is 18.0 Å². The summed E-state index contributed by atoms with van der Waals surface area (Å²) >= 11 is 0. The largest absolute Gasteiger partial charge is 0.490 e. The SMILES string of the molecule is CCCOc1ccc(C(=O)OCC2=C(C(=O)OCC)C(c3ccco3)NC(=O)N2)cc1OCC. The number of furan rings is 1. The van der Waals surface area contributed by atoms with E-state index in [1.54, 1.807) is 31.2 Å². The quantitative estimate of drug-likeness (QED) is 0.476. The summed E-state index contributed by atoms with van der Waals surface area (Å²) in [5.74, 6) is -0.0466. The van der Waals surface area contributed by atoms with Crippen LogP contribution in [-0.2, 0) is 14.3 Å². The average Bonchev–Trinajstić information content (AvgIpc) is 3.36. The molecule has 1 aromatic heterocycles. The lowest BCUT2D eigenvalue weighted by molar-refractivity contribution is -0.139. The standard InChI is InChI=1S/C24H28N2O8/c1-4-11-32-17-10-9-15(13-19(17)30-5-2)22(27)34-14-16-20(23(28)31-6-3)21(26-24(29)25-16)18-8-7-12-33-18/h7-10,12-13,21H,4-6,11,14H2,1-3H3,(H2,25,26,29). The first-order chi connectivity index (χ1) is 16.5. The van der Waals surface area contributed by atoms with Gasteiger partial charge in [0.05, 0.1) is 42.9 Å². The number of ether oxygens (including phenoxy) is 4. The maximum absolute atomic E-state index is 12.8. The van der Waals surface area contributed by atoms with Gasteiger partial charge in [0, 0.05) is 0 Å². The van der Waals surface area contributed by atoms with Crippen LogP contribution in [0.25, 0.3) is 0 Å². The summed E-state index contributed by atoms with van der Waals surface area (Å²) in [5, 5.41) is 5.16. The molecule has 0 spiro atoms. The molecule has 0 fully saturated rings. The molecule has 182 valence electrons. The Bertz CT molecular complexity index is 1050. The van der Waals surface area contributed by atoms with Gasteiger partial charge in [-0.25, -0.2) is 14.4 Å². The van der Waals surface area contributed by atoms with Gasteiger partial charge in [0.15, 0.2) is 11.5 Å². The van der Waals surface area contributed by atoms with Gasteiger partial charge in [-0.2, -0.15) is 0 Å². The van der Waals surface area contributed by atoms with Crippen LogP contribution in [0.3, 0.4) is 0 Å². The Morgan fingerprint density at radius 3 is 2.50 bits per heavy atom. The zero-order valence-electron chi connectivity index (χ0n) is 19.3. The van der Waals surface area contributed by atoms with E-state index in [9.17, 15) is 14.4 Å². The third-order valence-corrected chi connectivity index (χ3v) is 4.77. The summed E-state index contributed by atoms with van der Waals surface area (Å²) in [6, 6.07) is 6.52. The first-order valence-electron chi connectivity index (χ1n) is 11.1. The van der Waals surface area contributed by atoms with Crippen molar-refractivity contribution in [2.45, 2.75) is 33.2 Å². The van der Waals surface area contributed by atoms with Gasteiger partial charge in [-0.15, -0.1) is 0 Å². The van der Waals surface area contributed by atoms with E-state index in [0.29, 0.717) is 30.5 Å². The number of hydrogen-bond donors (Lipinski definition) is 2. The first kappa shape index (κ1) is 24.7. The van der Waals surface area contributed by atoms with E-state index < -0.39 is 24.0 Å². The summed E-state index contributed by atoms with van der Waals surface area (Å²) in [6.45, 7) is 6.15. The maximum Gasteiger partial charge on any atom is 0.338 e. The Balaban J connectivity index is 1.84. The van der Waals surface area contributed by atoms with Crippen LogP contribution in [0.2, 0.25) is 0 Å². The van der Waals surface area contributed by atoms with Gasteiger partial charge in [-0.05, 0) is 50.6 Å². The lowest BCUT2D eigenvalue weighted by Gasteiger charge is -2.27. The predicted octanol–water partition coefficient (Wildman–Crippen LogP) is 3.50. The lowest BCUT2D eigenvalue weighted by atomic mass is 10.0. The second-order valence-corrected chi connectivity index (χ2v) is 7.18. The molecule has 3 rings (SSSR count). The number of benzene rings is 1.